The van der Waals surface area contributed by atoms with Gasteiger partial charge in [0.25, 0.3) is 0 Å². The van der Waals surface area contributed by atoms with Crippen LogP contribution in [0, 0.1) is 5.41 Å². The Morgan fingerprint density at radius 1 is 1.19 bits per heavy atom. The average Bonchev–Trinajstić information content (AvgIpc) is 3.55. The summed E-state index contributed by atoms with van der Waals surface area (Å²) < 4.78 is 21.0. The summed E-state index contributed by atoms with van der Waals surface area (Å²) in [6.07, 6.45) is 8.17. The number of aromatic amines is 1. The van der Waals surface area contributed by atoms with Gasteiger partial charge in [-0.25, -0.2) is 9.07 Å². The number of fused-ring (bicyclic) bond motifs is 1. The number of hydrogen-bond acceptors (Lipinski definition) is 8. The molecule has 0 amide bonds. The summed E-state index contributed by atoms with van der Waals surface area (Å²) in [5, 5.41) is 29.5. The lowest BCUT2D eigenvalue weighted by atomic mass is 9.42. The Morgan fingerprint density at radius 3 is 2.86 bits per heavy atom. The van der Waals surface area contributed by atoms with Crippen LogP contribution in [0.15, 0.2) is 36.7 Å². The van der Waals surface area contributed by atoms with E-state index in [0.29, 0.717) is 12.6 Å². The van der Waals surface area contributed by atoms with Crippen LogP contribution in [0.25, 0.3) is 22.2 Å². The normalized spacial score (nSPS) is 26.6. The zero-order chi connectivity index (χ0) is 25.0. The van der Waals surface area contributed by atoms with Gasteiger partial charge in [0.2, 0.25) is 0 Å². The van der Waals surface area contributed by atoms with Crippen molar-refractivity contribution in [2.24, 2.45) is 5.41 Å². The van der Waals surface area contributed by atoms with E-state index in [1.54, 1.807) is 18.0 Å². The van der Waals surface area contributed by atoms with Crippen molar-refractivity contribution >= 4 is 16.7 Å². The topological polar surface area (TPSA) is 110 Å². The van der Waals surface area contributed by atoms with E-state index in [9.17, 15) is 4.39 Å². The Labute approximate surface area is 213 Å². The van der Waals surface area contributed by atoms with Crippen molar-refractivity contribution in [3.63, 3.8) is 0 Å². The van der Waals surface area contributed by atoms with Crippen molar-refractivity contribution in [1.82, 2.24) is 40.7 Å². The van der Waals surface area contributed by atoms with Crippen LogP contribution in [0.4, 0.5) is 10.2 Å². The van der Waals surface area contributed by atoms with E-state index in [0.717, 1.165) is 91.2 Å². The van der Waals surface area contributed by atoms with Crippen LogP contribution in [0.5, 0.6) is 5.75 Å². The molecule has 0 radical (unpaired) electrons. The molecule has 10 nitrogen and oxygen atoms in total. The first-order chi connectivity index (χ1) is 18.0. The molecule has 192 valence electrons. The number of nitrogens with one attached hydrogen (secondary N) is 2. The Balaban J connectivity index is 0.993. The van der Waals surface area contributed by atoms with Crippen LogP contribution in [-0.4, -0.2) is 73.8 Å². The number of alkyl halides is 1. The molecule has 4 aromatic rings. The van der Waals surface area contributed by atoms with E-state index in [2.05, 4.69) is 40.9 Å². The monoisotopic (exact) mass is 503 g/mol. The lowest BCUT2D eigenvalue weighted by Gasteiger charge is -2.66. The average molecular weight is 504 g/mol. The van der Waals surface area contributed by atoms with Crippen LogP contribution in [0.3, 0.4) is 0 Å². The second-order valence-electron chi connectivity index (χ2n) is 11.0. The molecular formula is C26H30FN9O. The fourth-order valence-electron chi connectivity index (χ4n) is 6.39. The maximum Gasteiger partial charge on any atom is 0.151 e. The summed E-state index contributed by atoms with van der Waals surface area (Å²) in [5.41, 5.74) is 2.75. The SMILES string of the molecule is COc1cc(-c2cn(Cc3ccc(N4CCC[C@@H](NCC56CC(F)(C5)C6)C4)nn3)nn2)c2cn[nH]c2c1. The minimum atomic E-state index is -0.827. The number of ether oxygens (including phenoxy) is 1. The van der Waals surface area contributed by atoms with Gasteiger partial charge in [-0.2, -0.15) is 10.2 Å². The maximum atomic E-state index is 13.8. The van der Waals surface area contributed by atoms with E-state index >= 15 is 0 Å². The minimum Gasteiger partial charge on any atom is -0.497 e. The Kier molecular flexibility index (Phi) is 5.17. The van der Waals surface area contributed by atoms with Crippen LogP contribution in [-0.2, 0) is 6.54 Å². The smallest absolute Gasteiger partial charge is 0.151 e. The predicted octanol–water partition coefficient (Wildman–Crippen LogP) is 3.12. The van der Waals surface area contributed by atoms with Crippen molar-refractivity contribution in [1.29, 1.82) is 0 Å². The molecule has 4 fully saturated rings. The molecule has 4 aliphatic rings. The van der Waals surface area contributed by atoms with Crippen molar-refractivity contribution in [2.45, 2.75) is 50.4 Å². The number of nitrogens with zero attached hydrogens (tertiary/aromatic N) is 7. The molecule has 3 aliphatic carbocycles. The van der Waals surface area contributed by atoms with Gasteiger partial charge in [-0.15, -0.1) is 10.2 Å². The molecule has 11 heteroatoms. The zero-order valence-electron chi connectivity index (χ0n) is 20.8. The molecule has 1 saturated heterocycles. The quantitative estimate of drug-likeness (QED) is 0.378. The van der Waals surface area contributed by atoms with E-state index < -0.39 is 5.67 Å². The molecule has 3 aromatic heterocycles. The van der Waals surface area contributed by atoms with Gasteiger partial charge >= 0.3 is 0 Å². The van der Waals surface area contributed by atoms with Gasteiger partial charge in [0.05, 0.1) is 37.3 Å². The number of piperidine rings is 1. The first kappa shape index (κ1) is 22.6. The lowest BCUT2D eigenvalue weighted by Crippen LogP contribution is -2.68. The molecule has 0 unspecified atom stereocenters. The molecule has 0 spiro atoms. The molecule has 1 atom stereocenters. The van der Waals surface area contributed by atoms with Crippen molar-refractivity contribution < 1.29 is 9.13 Å². The number of rotatable bonds is 8. The highest BCUT2D eigenvalue weighted by atomic mass is 19.1. The number of benzene rings is 1. The van der Waals surface area contributed by atoms with E-state index in [1.165, 1.54) is 0 Å². The van der Waals surface area contributed by atoms with E-state index in [1.807, 2.05) is 30.5 Å². The molecule has 2 bridgehead atoms. The van der Waals surface area contributed by atoms with E-state index in [-0.39, 0.29) is 5.41 Å². The molecule has 8 rings (SSSR count). The first-order valence-corrected chi connectivity index (χ1v) is 12.9. The summed E-state index contributed by atoms with van der Waals surface area (Å²) in [6.45, 7) is 3.28. The molecule has 3 saturated carbocycles. The molecule has 2 N–H and O–H groups in total. The number of halogens is 1. The summed E-state index contributed by atoms with van der Waals surface area (Å²) in [7, 11) is 1.64. The van der Waals surface area contributed by atoms with Gasteiger partial charge in [0, 0.05) is 42.7 Å². The highest BCUT2D eigenvalue weighted by molar-refractivity contribution is 5.94. The Morgan fingerprint density at radius 2 is 2.08 bits per heavy atom. The highest BCUT2D eigenvalue weighted by Gasteiger charge is 2.68. The van der Waals surface area contributed by atoms with Crippen LogP contribution in [0.2, 0.25) is 0 Å². The molecule has 37 heavy (non-hydrogen) atoms. The predicted molar refractivity (Wildman–Crippen MR) is 136 cm³/mol. The van der Waals surface area contributed by atoms with Crippen LogP contribution < -0.4 is 15.0 Å². The summed E-state index contributed by atoms with van der Waals surface area (Å²) in [4.78, 5) is 2.29. The maximum absolute atomic E-state index is 13.8. The fourth-order valence-corrected chi connectivity index (χ4v) is 6.39. The van der Waals surface area contributed by atoms with Gasteiger partial charge in [-0.1, -0.05) is 5.21 Å². The van der Waals surface area contributed by atoms with Gasteiger partial charge in [0.15, 0.2) is 5.82 Å². The summed E-state index contributed by atoms with van der Waals surface area (Å²) in [5.74, 6) is 1.62. The van der Waals surface area contributed by atoms with Gasteiger partial charge in [-0.3, -0.25) is 5.10 Å². The second-order valence-corrected chi connectivity index (χ2v) is 11.0. The molecule has 1 aromatic carbocycles. The number of methoxy groups -OCH3 is 1. The molecule has 4 heterocycles. The third-order valence-electron chi connectivity index (χ3n) is 8.20. The third-order valence-corrected chi connectivity index (χ3v) is 8.20. The largest absolute Gasteiger partial charge is 0.497 e. The lowest BCUT2D eigenvalue weighted by molar-refractivity contribution is -0.210. The molecule has 1 aliphatic heterocycles. The third kappa shape index (κ3) is 4.11. The number of anilines is 1. The second kappa shape index (κ2) is 8.47. The number of H-pyrrole nitrogens is 1. The van der Waals surface area contributed by atoms with Gasteiger partial charge < -0.3 is 15.0 Å². The number of aromatic nitrogens is 7. The van der Waals surface area contributed by atoms with Crippen molar-refractivity contribution in [3.8, 4) is 17.0 Å². The van der Waals surface area contributed by atoms with E-state index in [4.69, 9.17) is 4.74 Å². The van der Waals surface area contributed by atoms with Crippen molar-refractivity contribution in [3.05, 3.63) is 42.4 Å². The first-order valence-electron chi connectivity index (χ1n) is 12.9. The van der Waals surface area contributed by atoms with Crippen LogP contribution in [0.1, 0.15) is 37.8 Å². The van der Waals surface area contributed by atoms with Gasteiger partial charge in [0.1, 0.15) is 17.1 Å². The standard InChI is InChI=1S/C26H30FN9O/c1-37-19-7-20(21-9-29-31-22(21)8-19)23-12-36(34-32-23)11-18-4-5-24(33-30-18)35-6-2-3-17(10-35)28-16-25-13-26(27,14-25)15-25/h4-5,7-9,12,17,28H,2-3,6,10-11,13-16H2,1H3,(H,29,31)/t17-,25?,26?/m1/s1. The Bertz CT molecular complexity index is 1410. The fraction of sp³-hybridized carbons (Fsp3) is 0.500. The molecular weight excluding hydrogens is 473 g/mol. The highest BCUT2D eigenvalue weighted by Crippen LogP contribution is 2.69. The zero-order valence-corrected chi connectivity index (χ0v) is 20.8. The Hall–Kier alpha value is -3.60. The van der Waals surface area contributed by atoms with Crippen molar-refractivity contribution in [2.75, 3.05) is 31.6 Å². The summed E-state index contributed by atoms with van der Waals surface area (Å²) in [6, 6.07) is 8.29. The summed E-state index contributed by atoms with van der Waals surface area (Å²) >= 11 is 0. The number of hydrogen-bond donors (Lipinski definition) is 2. The van der Waals surface area contributed by atoms with Crippen LogP contribution >= 0.6 is 0 Å². The minimum absolute atomic E-state index is 0.233. The van der Waals surface area contributed by atoms with Gasteiger partial charge in [-0.05, 0) is 55.7 Å².